The van der Waals surface area contributed by atoms with Gasteiger partial charge >= 0.3 is 5.97 Å². The van der Waals surface area contributed by atoms with Crippen molar-refractivity contribution in [2.45, 2.75) is 6.92 Å². The number of carbonyl (C=O) groups is 1. The smallest absolute Gasteiger partial charge is 0.292 e. The van der Waals surface area contributed by atoms with Crippen LogP contribution in [0.5, 0.6) is 0 Å². The third kappa shape index (κ3) is 2.61. The van der Waals surface area contributed by atoms with E-state index in [4.69, 9.17) is 6.42 Å². The number of rotatable bonds is 3. The van der Waals surface area contributed by atoms with E-state index in [0.717, 1.165) is 5.56 Å². The highest BCUT2D eigenvalue weighted by molar-refractivity contribution is 5.90. The molecule has 0 fully saturated rings. The van der Waals surface area contributed by atoms with Crippen LogP contribution in [-0.4, -0.2) is 12.6 Å². The van der Waals surface area contributed by atoms with Crippen LogP contribution in [0.2, 0.25) is 0 Å². The lowest BCUT2D eigenvalue weighted by atomic mass is 10.1. The molecule has 0 aromatic heterocycles. The Kier molecular flexibility index (Phi) is 3.71. The first-order valence-corrected chi connectivity index (χ1v) is 4.08. The summed E-state index contributed by atoms with van der Waals surface area (Å²) in [6, 6.07) is 7.08. The van der Waals surface area contributed by atoms with Crippen molar-refractivity contribution in [3.8, 4) is 12.3 Å². The Morgan fingerprint density at radius 3 is 2.86 bits per heavy atom. The van der Waals surface area contributed by atoms with Gasteiger partial charge in [-0.25, -0.2) is 4.79 Å². The quantitative estimate of drug-likeness (QED) is 0.315. The Morgan fingerprint density at radius 2 is 2.21 bits per heavy atom. The molecule has 1 aromatic rings. The van der Waals surface area contributed by atoms with Gasteiger partial charge in [-0.15, -0.1) is 6.42 Å². The Morgan fingerprint density at radius 1 is 1.50 bits per heavy atom. The second kappa shape index (κ2) is 5.05. The number of hydrogen-bond acceptors (Lipinski definition) is 3. The van der Waals surface area contributed by atoms with Crippen LogP contribution in [0.1, 0.15) is 15.9 Å². The van der Waals surface area contributed by atoms with Gasteiger partial charge in [-0.05, 0) is 18.6 Å². The molecule has 0 N–H and O–H groups in total. The number of terminal acetylenes is 1. The van der Waals surface area contributed by atoms with Gasteiger partial charge in [0.1, 0.15) is 0 Å². The van der Waals surface area contributed by atoms with Gasteiger partial charge in [-0.3, -0.25) is 4.89 Å². The van der Waals surface area contributed by atoms with Gasteiger partial charge in [0.25, 0.3) is 0 Å². The summed E-state index contributed by atoms with van der Waals surface area (Å²) < 4.78 is 0. The highest BCUT2D eigenvalue weighted by Crippen LogP contribution is 2.08. The lowest BCUT2D eigenvalue weighted by Crippen LogP contribution is -2.07. The molecule has 0 heterocycles. The molecule has 14 heavy (non-hydrogen) atoms. The Balaban J connectivity index is 2.62. The first-order valence-electron chi connectivity index (χ1n) is 4.08. The summed E-state index contributed by atoms with van der Waals surface area (Å²) in [4.78, 5) is 20.3. The number of hydrogen-bond donors (Lipinski definition) is 0. The number of carbonyl (C=O) groups excluding carboxylic acids is 1. The molecule has 0 bridgehead atoms. The topological polar surface area (TPSA) is 35.5 Å². The minimum Gasteiger partial charge on any atom is -0.292 e. The van der Waals surface area contributed by atoms with E-state index in [-0.39, 0.29) is 6.61 Å². The number of benzene rings is 1. The Labute approximate surface area is 82.6 Å². The predicted octanol–water partition coefficient (Wildman–Crippen LogP) is 1.72. The third-order valence-corrected chi connectivity index (χ3v) is 1.64. The lowest BCUT2D eigenvalue weighted by Gasteiger charge is -2.03. The summed E-state index contributed by atoms with van der Waals surface area (Å²) >= 11 is 0. The molecule has 1 aromatic carbocycles. The van der Waals surface area contributed by atoms with E-state index in [2.05, 4.69) is 15.7 Å². The van der Waals surface area contributed by atoms with Crippen LogP contribution >= 0.6 is 0 Å². The van der Waals surface area contributed by atoms with Crippen LogP contribution < -0.4 is 0 Å². The molecule has 0 spiro atoms. The van der Waals surface area contributed by atoms with E-state index >= 15 is 0 Å². The SMILES string of the molecule is C#CCOOC(=O)c1ccccc1C. The average Bonchev–Trinajstić information content (AvgIpc) is 2.18. The Bertz CT molecular complexity index is 363. The molecule has 0 atom stereocenters. The predicted molar refractivity (Wildman–Crippen MR) is 51.4 cm³/mol. The van der Waals surface area contributed by atoms with E-state index in [1.54, 1.807) is 12.1 Å². The summed E-state index contributed by atoms with van der Waals surface area (Å²) in [7, 11) is 0. The first-order chi connectivity index (χ1) is 6.75. The second-order valence-corrected chi connectivity index (χ2v) is 2.65. The van der Waals surface area contributed by atoms with Gasteiger partial charge in [0.15, 0.2) is 6.61 Å². The summed E-state index contributed by atoms with van der Waals surface area (Å²) in [5, 5.41) is 0. The first kappa shape index (κ1) is 10.3. The van der Waals surface area contributed by atoms with Crippen LogP contribution in [0.15, 0.2) is 24.3 Å². The maximum Gasteiger partial charge on any atom is 0.373 e. The molecule has 0 radical (unpaired) electrons. The molecule has 0 saturated carbocycles. The van der Waals surface area contributed by atoms with Crippen molar-refractivity contribution in [2.24, 2.45) is 0 Å². The second-order valence-electron chi connectivity index (χ2n) is 2.65. The zero-order valence-corrected chi connectivity index (χ0v) is 7.82. The van der Waals surface area contributed by atoms with Crippen molar-refractivity contribution in [3.63, 3.8) is 0 Å². The van der Waals surface area contributed by atoms with Crippen molar-refractivity contribution >= 4 is 5.97 Å². The molecule has 0 amide bonds. The Hall–Kier alpha value is -1.79. The maximum absolute atomic E-state index is 11.3. The van der Waals surface area contributed by atoms with E-state index in [1.165, 1.54) is 0 Å². The lowest BCUT2D eigenvalue weighted by molar-refractivity contribution is -0.229. The van der Waals surface area contributed by atoms with Crippen LogP contribution in [0.25, 0.3) is 0 Å². The molecule has 1 rings (SSSR count). The molecule has 0 aliphatic rings. The van der Waals surface area contributed by atoms with Crippen molar-refractivity contribution < 1.29 is 14.6 Å². The van der Waals surface area contributed by atoms with Crippen LogP contribution in [0, 0.1) is 19.3 Å². The van der Waals surface area contributed by atoms with Gasteiger partial charge in [0.05, 0.1) is 5.56 Å². The fourth-order valence-corrected chi connectivity index (χ4v) is 0.964. The van der Waals surface area contributed by atoms with Gasteiger partial charge in [-0.1, -0.05) is 24.1 Å². The molecule has 0 aliphatic carbocycles. The minimum absolute atomic E-state index is 0.0440. The summed E-state index contributed by atoms with van der Waals surface area (Å²) in [5.41, 5.74) is 1.31. The van der Waals surface area contributed by atoms with Crippen LogP contribution in [0.4, 0.5) is 0 Å². The fourth-order valence-electron chi connectivity index (χ4n) is 0.964. The molecule has 72 valence electrons. The third-order valence-electron chi connectivity index (χ3n) is 1.64. The van der Waals surface area contributed by atoms with E-state index in [1.807, 2.05) is 19.1 Å². The summed E-state index contributed by atoms with van der Waals surface area (Å²) in [6.45, 7) is 1.77. The van der Waals surface area contributed by atoms with Gasteiger partial charge in [-0.2, -0.15) is 4.89 Å². The maximum atomic E-state index is 11.3. The summed E-state index contributed by atoms with van der Waals surface area (Å²) in [5.74, 6) is 1.66. The standard InChI is InChI=1S/C11H10O3/c1-3-8-13-14-11(12)10-7-5-4-6-9(10)2/h1,4-7H,8H2,2H3. The molecular weight excluding hydrogens is 180 g/mol. The molecule has 3 nitrogen and oxygen atoms in total. The molecular formula is C11H10O3. The zero-order chi connectivity index (χ0) is 10.4. The molecule has 0 unspecified atom stereocenters. The van der Waals surface area contributed by atoms with Crippen LogP contribution in [-0.2, 0) is 9.78 Å². The highest BCUT2D eigenvalue weighted by atomic mass is 17.2. The zero-order valence-electron chi connectivity index (χ0n) is 7.82. The monoisotopic (exact) mass is 190 g/mol. The van der Waals surface area contributed by atoms with Crippen molar-refractivity contribution in [1.82, 2.24) is 0 Å². The molecule has 0 saturated heterocycles. The molecule has 3 heteroatoms. The van der Waals surface area contributed by atoms with E-state index in [0.29, 0.717) is 5.56 Å². The van der Waals surface area contributed by atoms with Crippen molar-refractivity contribution in [1.29, 1.82) is 0 Å². The highest BCUT2D eigenvalue weighted by Gasteiger charge is 2.09. The fraction of sp³-hybridized carbons (Fsp3) is 0.182. The average molecular weight is 190 g/mol. The normalized spacial score (nSPS) is 9.14. The van der Waals surface area contributed by atoms with Crippen LogP contribution in [0.3, 0.4) is 0 Å². The molecule has 0 aliphatic heterocycles. The van der Waals surface area contributed by atoms with Crippen molar-refractivity contribution in [3.05, 3.63) is 35.4 Å². The van der Waals surface area contributed by atoms with Gasteiger partial charge in [0.2, 0.25) is 0 Å². The number of aryl methyl sites for hydroxylation is 1. The summed E-state index contributed by atoms with van der Waals surface area (Å²) in [6.07, 6.45) is 4.92. The van der Waals surface area contributed by atoms with E-state index in [9.17, 15) is 4.79 Å². The largest absolute Gasteiger partial charge is 0.373 e. The van der Waals surface area contributed by atoms with Gasteiger partial charge in [0, 0.05) is 0 Å². The van der Waals surface area contributed by atoms with E-state index < -0.39 is 5.97 Å². The van der Waals surface area contributed by atoms with Crippen molar-refractivity contribution in [2.75, 3.05) is 6.61 Å². The van der Waals surface area contributed by atoms with Gasteiger partial charge < -0.3 is 0 Å². The minimum atomic E-state index is -0.529.